The first-order valence-electron chi connectivity index (χ1n) is 5.45. The fraction of sp³-hybridized carbons (Fsp3) is 0.231. The van der Waals surface area contributed by atoms with Crippen LogP contribution in [0.15, 0.2) is 28.8 Å². The number of rotatable bonds is 4. The van der Waals surface area contributed by atoms with Crippen molar-refractivity contribution in [3.05, 3.63) is 45.8 Å². The summed E-state index contributed by atoms with van der Waals surface area (Å²) in [5.41, 5.74) is 1.10. The van der Waals surface area contributed by atoms with Gasteiger partial charge in [-0.25, -0.2) is 4.74 Å². The Labute approximate surface area is 116 Å². The second-order valence-electron chi connectivity index (χ2n) is 3.83. The molecule has 5 heteroatoms. The highest BCUT2D eigenvalue weighted by atomic mass is 35.5. The molecule has 0 fully saturated rings. The monoisotopic (exact) mass is 285 g/mol. The molecule has 96 valence electrons. The lowest BCUT2D eigenvalue weighted by Gasteiger charge is -2.11. The van der Waals surface area contributed by atoms with Crippen molar-refractivity contribution < 1.29 is 9.26 Å². The first-order chi connectivity index (χ1) is 8.58. The quantitative estimate of drug-likeness (QED) is 0.836. The zero-order valence-electron chi connectivity index (χ0n) is 10.1. The fourth-order valence-corrected chi connectivity index (χ4v) is 1.70. The van der Waals surface area contributed by atoms with E-state index in [0.29, 0.717) is 22.4 Å². The molecule has 1 aromatic carbocycles. The van der Waals surface area contributed by atoms with Crippen molar-refractivity contribution in [2.24, 2.45) is 7.05 Å². The van der Waals surface area contributed by atoms with Crippen LogP contribution in [-0.2, 0) is 7.05 Å². The summed E-state index contributed by atoms with van der Waals surface area (Å²) in [6.07, 6.45) is 3.77. The molecule has 0 amide bonds. The topological polar surface area (TPSA) is 27.3 Å². The Bertz CT molecular complexity index is 570. The number of aromatic nitrogens is 1. The van der Waals surface area contributed by atoms with Crippen LogP contribution in [0.4, 0.5) is 0 Å². The van der Waals surface area contributed by atoms with Gasteiger partial charge in [0.05, 0.1) is 15.7 Å². The maximum atomic E-state index is 5.88. The van der Waals surface area contributed by atoms with Gasteiger partial charge in [-0.3, -0.25) is 0 Å². The summed E-state index contributed by atoms with van der Waals surface area (Å²) in [4.78, 5) is 0. The maximum absolute atomic E-state index is 5.88. The van der Waals surface area contributed by atoms with Crippen molar-refractivity contribution >= 4 is 29.3 Å². The molecular weight excluding hydrogens is 273 g/mol. The number of hydrogen-bond donors (Lipinski definition) is 0. The van der Waals surface area contributed by atoms with Gasteiger partial charge in [-0.05, 0) is 31.2 Å². The lowest BCUT2D eigenvalue weighted by atomic mass is 10.3. The summed E-state index contributed by atoms with van der Waals surface area (Å²) in [6, 6.07) is 5.18. The second kappa shape index (κ2) is 5.55. The number of ether oxygens (including phenoxy) is 1. The van der Waals surface area contributed by atoms with Gasteiger partial charge in [-0.15, -0.1) is 0 Å². The van der Waals surface area contributed by atoms with Crippen LogP contribution >= 0.6 is 23.2 Å². The summed E-state index contributed by atoms with van der Waals surface area (Å²) in [5.74, 6) is 1.54. The summed E-state index contributed by atoms with van der Waals surface area (Å²) in [5, 5.41) is 1.01. The van der Waals surface area contributed by atoms with Crippen molar-refractivity contribution in [1.82, 2.24) is 4.74 Å². The molecule has 0 bridgehead atoms. The van der Waals surface area contributed by atoms with E-state index in [0.717, 1.165) is 11.5 Å². The van der Waals surface area contributed by atoms with Crippen molar-refractivity contribution in [1.29, 1.82) is 0 Å². The van der Waals surface area contributed by atoms with E-state index >= 15 is 0 Å². The number of halogens is 2. The van der Waals surface area contributed by atoms with E-state index in [1.807, 2.05) is 26.1 Å². The molecule has 0 unspecified atom stereocenters. The first-order valence-corrected chi connectivity index (χ1v) is 6.20. The Kier molecular flexibility index (Phi) is 4.04. The van der Waals surface area contributed by atoms with Gasteiger partial charge in [-0.2, -0.15) is 0 Å². The van der Waals surface area contributed by atoms with E-state index in [2.05, 4.69) is 0 Å². The average molecular weight is 286 g/mol. The largest absolute Gasteiger partial charge is 0.489 e. The Morgan fingerprint density at radius 2 is 2.11 bits per heavy atom. The zero-order valence-corrected chi connectivity index (χ0v) is 11.6. The Balaban J connectivity index is 1.87. The minimum Gasteiger partial charge on any atom is -0.489 e. The minimum atomic E-state index is 0.446. The summed E-state index contributed by atoms with van der Waals surface area (Å²) in [6.45, 7) is 2.44. The van der Waals surface area contributed by atoms with E-state index in [1.54, 1.807) is 22.9 Å². The third-order valence-corrected chi connectivity index (χ3v) is 3.31. The minimum absolute atomic E-state index is 0.446. The number of hydrogen-bond acceptors (Lipinski definition) is 2. The van der Waals surface area contributed by atoms with Crippen LogP contribution in [0.1, 0.15) is 11.5 Å². The molecule has 1 heterocycles. The normalized spacial score (nSPS) is 11.3. The molecule has 0 aliphatic heterocycles. The molecule has 0 saturated heterocycles. The lowest BCUT2D eigenvalue weighted by Crippen LogP contribution is -2.04. The van der Waals surface area contributed by atoms with Crippen LogP contribution in [0, 0.1) is 6.92 Å². The third kappa shape index (κ3) is 2.92. The van der Waals surface area contributed by atoms with Crippen LogP contribution in [-0.4, -0.2) is 11.3 Å². The first kappa shape index (κ1) is 13.1. The van der Waals surface area contributed by atoms with Crippen LogP contribution in [0.2, 0.25) is 10.0 Å². The predicted molar refractivity (Wildman–Crippen MR) is 73.4 cm³/mol. The third-order valence-electron chi connectivity index (χ3n) is 2.57. The molecule has 0 atom stereocenters. The molecule has 2 aromatic rings. The summed E-state index contributed by atoms with van der Waals surface area (Å²) >= 11 is 11.7. The number of nitrogens with zero attached hydrogens (tertiary/aromatic N) is 1. The number of aryl methyl sites for hydroxylation is 1. The van der Waals surface area contributed by atoms with E-state index < -0.39 is 0 Å². The van der Waals surface area contributed by atoms with E-state index in [-0.39, 0.29) is 0 Å². The van der Waals surface area contributed by atoms with Crippen LogP contribution in [0.25, 0.3) is 6.08 Å². The van der Waals surface area contributed by atoms with Gasteiger partial charge in [0.15, 0.2) is 5.76 Å². The molecule has 3 nitrogen and oxygen atoms in total. The van der Waals surface area contributed by atoms with E-state index in [1.165, 1.54) is 0 Å². The molecular formula is C13H13Cl2NO2. The Morgan fingerprint density at radius 1 is 1.33 bits per heavy atom. The maximum Gasteiger partial charge on any atom is 0.177 e. The van der Waals surface area contributed by atoms with E-state index in [9.17, 15) is 0 Å². The summed E-state index contributed by atoms with van der Waals surface area (Å²) in [7, 11) is 1.86. The lowest BCUT2D eigenvalue weighted by molar-refractivity contribution is 0.224. The zero-order chi connectivity index (χ0) is 13.1. The van der Waals surface area contributed by atoms with Gasteiger partial charge in [0.2, 0.25) is 0 Å². The highest BCUT2D eigenvalue weighted by molar-refractivity contribution is 6.42. The molecule has 0 N–H and O–H groups in total. The van der Waals surface area contributed by atoms with Gasteiger partial charge in [0, 0.05) is 13.1 Å². The molecule has 0 saturated carbocycles. The highest BCUT2D eigenvalue weighted by Gasteiger charge is 2.05. The van der Waals surface area contributed by atoms with Crippen molar-refractivity contribution in [3.63, 3.8) is 0 Å². The number of benzene rings is 1. The Morgan fingerprint density at radius 3 is 2.72 bits per heavy atom. The molecule has 2 rings (SSSR count). The van der Waals surface area contributed by atoms with Crippen molar-refractivity contribution in [2.45, 2.75) is 6.92 Å². The molecule has 1 aromatic heterocycles. The van der Waals surface area contributed by atoms with Gasteiger partial charge in [-0.1, -0.05) is 23.2 Å². The van der Waals surface area contributed by atoms with Gasteiger partial charge in [0.25, 0.3) is 0 Å². The van der Waals surface area contributed by atoms with E-state index in [4.69, 9.17) is 32.5 Å². The summed E-state index contributed by atoms with van der Waals surface area (Å²) < 4.78 is 12.5. The van der Waals surface area contributed by atoms with Crippen LogP contribution in [0.3, 0.4) is 0 Å². The standard InChI is InChI=1S/C13H13Cl2NO2/c1-9-13(18-16(9)2)4-3-7-17-10-5-6-11(14)12(15)8-10/h3-6,8H,7H2,1-2H3/b4-3+. The van der Waals surface area contributed by atoms with Crippen LogP contribution in [0.5, 0.6) is 5.75 Å². The highest BCUT2D eigenvalue weighted by Crippen LogP contribution is 2.26. The molecule has 0 aliphatic rings. The molecule has 0 radical (unpaired) electrons. The predicted octanol–water partition coefficient (Wildman–Crippen LogP) is 4.33. The van der Waals surface area contributed by atoms with Gasteiger partial charge >= 0.3 is 0 Å². The average Bonchev–Trinajstić information content (AvgIpc) is 2.37. The molecule has 0 spiro atoms. The molecule has 0 aliphatic carbocycles. The van der Waals surface area contributed by atoms with Crippen LogP contribution < -0.4 is 4.74 Å². The second-order valence-corrected chi connectivity index (χ2v) is 4.64. The molecule has 18 heavy (non-hydrogen) atoms. The Hall–Kier alpha value is -1.32. The fourth-order valence-electron chi connectivity index (χ4n) is 1.42. The van der Waals surface area contributed by atoms with Crippen molar-refractivity contribution in [3.8, 4) is 5.75 Å². The van der Waals surface area contributed by atoms with Gasteiger partial charge in [0.1, 0.15) is 12.4 Å². The SMILES string of the molecule is Cc1c(/C=C/COc2ccc(Cl)c(Cl)c2)on1C. The smallest absolute Gasteiger partial charge is 0.177 e. The van der Waals surface area contributed by atoms with Gasteiger partial charge < -0.3 is 9.26 Å². The van der Waals surface area contributed by atoms with Crippen molar-refractivity contribution in [2.75, 3.05) is 6.61 Å².